The summed E-state index contributed by atoms with van der Waals surface area (Å²) in [7, 11) is 1.10. The van der Waals surface area contributed by atoms with Crippen molar-refractivity contribution in [3.63, 3.8) is 0 Å². The Bertz CT molecular complexity index is 317. The Balaban J connectivity index is 2.46. The molecular weight excluding hydrogens is 198 g/mol. The summed E-state index contributed by atoms with van der Waals surface area (Å²) in [5, 5.41) is 6.16. The third kappa shape index (κ3) is 3.74. The molecule has 78 valence electrons. The number of hydrogen-bond donors (Lipinski definition) is 2. The maximum atomic E-state index is 10.8. The minimum atomic E-state index is -0.745. The van der Waals surface area contributed by atoms with Gasteiger partial charge < -0.3 is 10.6 Å². The van der Waals surface area contributed by atoms with Crippen LogP contribution in [0.3, 0.4) is 0 Å². The quantitative estimate of drug-likeness (QED) is 0.763. The second kappa shape index (κ2) is 5.59. The van der Waals surface area contributed by atoms with Crippen molar-refractivity contribution in [2.24, 2.45) is 0 Å². The van der Waals surface area contributed by atoms with Crippen LogP contribution in [0.25, 0.3) is 0 Å². The third-order valence-corrected chi connectivity index (χ3v) is 2.52. The van der Waals surface area contributed by atoms with Crippen molar-refractivity contribution in [3.8, 4) is 0 Å². The molecular formula is C9H15N3OS. The van der Waals surface area contributed by atoms with Gasteiger partial charge in [-0.15, -0.1) is 0 Å². The molecule has 1 aromatic heterocycles. The molecule has 0 spiro atoms. The first kappa shape index (κ1) is 11.0. The highest BCUT2D eigenvalue weighted by Crippen LogP contribution is 2.11. The fraction of sp³-hybridized carbons (Fsp3) is 0.444. The van der Waals surface area contributed by atoms with Crippen molar-refractivity contribution in [1.29, 1.82) is 0 Å². The first-order chi connectivity index (χ1) is 6.72. The molecule has 2 N–H and O–H groups in total. The van der Waals surface area contributed by atoms with E-state index in [0.717, 1.165) is 11.4 Å². The van der Waals surface area contributed by atoms with Gasteiger partial charge in [-0.1, -0.05) is 0 Å². The second-order valence-electron chi connectivity index (χ2n) is 2.92. The summed E-state index contributed by atoms with van der Waals surface area (Å²) in [5.74, 6) is 0.657. The van der Waals surface area contributed by atoms with Crippen LogP contribution in [0, 0.1) is 0 Å². The summed E-state index contributed by atoms with van der Waals surface area (Å²) in [6.45, 7) is 0.706. The molecule has 1 atom stereocenters. The van der Waals surface area contributed by atoms with Gasteiger partial charge in [-0.2, -0.15) is 0 Å². The Labute approximate surface area is 86.6 Å². The average molecular weight is 213 g/mol. The molecule has 1 rings (SSSR count). The largest absolute Gasteiger partial charge is 0.387 e. The van der Waals surface area contributed by atoms with Crippen LogP contribution in [0.15, 0.2) is 18.5 Å². The molecule has 0 aliphatic carbocycles. The summed E-state index contributed by atoms with van der Waals surface area (Å²) in [6.07, 6.45) is 5.20. The molecule has 1 unspecified atom stereocenters. The molecule has 0 fully saturated rings. The predicted molar refractivity (Wildman–Crippen MR) is 61.2 cm³/mol. The van der Waals surface area contributed by atoms with E-state index in [1.165, 1.54) is 0 Å². The van der Waals surface area contributed by atoms with Crippen LogP contribution in [-0.4, -0.2) is 34.8 Å². The fourth-order valence-corrected chi connectivity index (χ4v) is 1.40. The van der Waals surface area contributed by atoms with Gasteiger partial charge in [0.15, 0.2) is 0 Å². The van der Waals surface area contributed by atoms with Crippen LogP contribution >= 0.6 is 0 Å². The van der Waals surface area contributed by atoms with E-state index in [2.05, 4.69) is 15.6 Å². The van der Waals surface area contributed by atoms with Crippen molar-refractivity contribution in [3.05, 3.63) is 18.5 Å². The Kier molecular flexibility index (Phi) is 4.39. The molecule has 0 radical (unpaired) electrons. The minimum Gasteiger partial charge on any atom is -0.387 e. The Hall–Kier alpha value is -1.10. The molecule has 0 aliphatic rings. The van der Waals surface area contributed by atoms with Gasteiger partial charge in [-0.25, -0.2) is 0 Å². The van der Waals surface area contributed by atoms with E-state index in [9.17, 15) is 4.21 Å². The van der Waals surface area contributed by atoms with Gasteiger partial charge in [-0.05, 0) is 6.07 Å². The van der Waals surface area contributed by atoms with Crippen molar-refractivity contribution in [1.82, 2.24) is 4.98 Å². The van der Waals surface area contributed by atoms with Crippen LogP contribution in [0.5, 0.6) is 0 Å². The number of rotatable bonds is 5. The van der Waals surface area contributed by atoms with E-state index in [-0.39, 0.29) is 0 Å². The molecule has 0 amide bonds. The highest BCUT2D eigenvalue weighted by atomic mass is 32.2. The second-order valence-corrected chi connectivity index (χ2v) is 4.47. The number of hydrogen-bond acceptors (Lipinski definition) is 4. The molecule has 0 saturated heterocycles. The number of nitrogens with one attached hydrogen (secondary N) is 2. The van der Waals surface area contributed by atoms with E-state index in [4.69, 9.17) is 0 Å². The van der Waals surface area contributed by atoms with Crippen molar-refractivity contribution >= 4 is 22.2 Å². The monoisotopic (exact) mass is 213 g/mol. The van der Waals surface area contributed by atoms with E-state index in [0.29, 0.717) is 12.3 Å². The van der Waals surface area contributed by atoms with Crippen LogP contribution in [-0.2, 0) is 10.8 Å². The molecule has 1 heterocycles. The first-order valence-corrected chi connectivity index (χ1v) is 6.12. The lowest BCUT2D eigenvalue weighted by molar-refractivity contribution is 0.687. The molecule has 0 bridgehead atoms. The van der Waals surface area contributed by atoms with Gasteiger partial charge >= 0.3 is 0 Å². The molecule has 0 saturated carbocycles. The maximum Gasteiger partial charge on any atom is 0.0547 e. The van der Waals surface area contributed by atoms with Crippen LogP contribution < -0.4 is 10.6 Å². The van der Waals surface area contributed by atoms with E-state index in [1.807, 2.05) is 13.1 Å². The Morgan fingerprint density at radius 1 is 1.43 bits per heavy atom. The zero-order valence-corrected chi connectivity index (χ0v) is 9.23. The summed E-state index contributed by atoms with van der Waals surface area (Å²) in [5.41, 5.74) is 1.91. The van der Waals surface area contributed by atoms with Crippen LogP contribution in [0.2, 0.25) is 0 Å². The number of anilines is 2. The molecule has 1 aromatic rings. The van der Waals surface area contributed by atoms with Crippen molar-refractivity contribution in [2.75, 3.05) is 36.2 Å². The summed E-state index contributed by atoms with van der Waals surface area (Å²) in [4.78, 5) is 4.05. The lowest BCUT2D eigenvalue weighted by atomic mass is 10.3. The SMILES string of the molecule is CNc1cncc(NCCS(C)=O)c1. The van der Waals surface area contributed by atoms with E-state index in [1.54, 1.807) is 18.6 Å². The smallest absolute Gasteiger partial charge is 0.0547 e. The van der Waals surface area contributed by atoms with E-state index < -0.39 is 10.8 Å². The van der Waals surface area contributed by atoms with Gasteiger partial charge in [-0.3, -0.25) is 9.19 Å². The minimum absolute atomic E-state index is 0.657. The van der Waals surface area contributed by atoms with Gasteiger partial charge in [0.1, 0.15) is 0 Å². The topological polar surface area (TPSA) is 54.0 Å². The summed E-state index contributed by atoms with van der Waals surface area (Å²) in [6, 6.07) is 1.96. The fourth-order valence-electron chi connectivity index (χ4n) is 1.01. The Morgan fingerprint density at radius 2 is 2.14 bits per heavy atom. The number of pyridine rings is 1. The molecule has 4 nitrogen and oxygen atoms in total. The normalized spacial score (nSPS) is 12.1. The Morgan fingerprint density at radius 3 is 2.79 bits per heavy atom. The number of nitrogens with zero attached hydrogens (tertiary/aromatic N) is 1. The summed E-state index contributed by atoms with van der Waals surface area (Å²) >= 11 is 0. The molecule has 14 heavy (non-hydrogen) atoms. The first-order valence-electron chi connectivity index (χ1n) is 4.39. The maximum absolute atomic E-state index is 10.8. The highest BCUT2D eigenvalue weighted by molar-refractivity contribution is 7.84. The predicted octanol–water partition coefficient (Wildman–Crippen LogP) is 0.914. The summed E-state index contributed by atoms with van der Waals surface area (Å²) < 4.78 is 10.8. The molecule has 5 heteroatoms. The number of aromatic nitrogens is 1. The van der Waals surface area contributed by atoms with E-state index >= 15 is 0 Å². The van der Waals surface area contributed by atoms with Gasteiger partial charge in [0.2, 0.25) is 0 Å². The van der Waals surface area contributed by atoms with Crippen LogP contribution in [0.4, 0.5) is 11.4 Å². The van der Waals surface area contributed by atoms with Gasteiger partial charge in [0, 0.05) is 36.4 Å². The van der Waals surface area contributed by atoms with Gasteiger partial charge in [0.05, 0.1) is 23.8 Å². The van der Waals surface area contributed by atoms with Crippen molar-refractivity contribution < 1.29 is 4.21 Å². The zero-order valence-electron chi connectivity index (χ0n) is 8.41. The van der Waals surface area contributed by atoms with Crippen LogP contribution in [0.1, 0.15) is 0 Å². The lowest BCUT2D eigenvalue weighted by Gasteiger charge is -2.06. The highest BCUT2D eigenvalue weighted by Gasteiger charge is 1.95. The average Bonchev–Trinajstić information content (AvgIpc) is 2.18. The standard InChI is InChI=1S/C9H15N3OS/c1-10-8-5-9(7-11-6-8)12-3-4-14(2)13/h5-7,10,12H,3-4H2,1-2H3. The third-order valence-electron chi connectivity index (χ3n) is 1.75. The van der Waals surface area contributed by atoms with Gasteiger partial charge in [0.25, 0.3) is 0 Å². The lowest BCUT2D eigenvalue weighted by Crippen LogP contribution is -2.10. The molecule has 0 aliphatic heterocycles. The molecule has 0 aromatic carbocycles. The zero-order chi connectivity index (χ0) is 10.4. The van der Waals surface area contributed by atoms with Crippen molar-refractivity contribution in [2.45, 2.75) is 0 Å².